The van der Waals surface area contributed by atoms with Crippen molar-refractivity contribution in [2.75, 3.05) is 14.2 Å². The van der Waals surface area contributed by atoms with Gasteiger partial charge in [-0.05, 0) is 30.3 Å². The minimum atomic E-state index is -0.350. The average Bonchev–Trinajstić information content (AvgIpc) is 2.55. The summed E-state index contributed by atoms with van der Waals surface area (Å²) in [4.78, 5) is 11.9. The zero-order chi connectivity index (χ0) is 16.8. The Labute approximate surface area is 143 Å². The average molecular weight is 353 g/mol. The van der Waals surface area contributed by atoms with E-state index in [-0.39, 0.29) is 5.91 Å². The van der Waals surface area contributed by atoms with Crippen LogP contribution in [0.15, 0.2) is 41.5 Å². The fourth-order valence-electron chi connectivity index (χ4n) is 1.81. The van der Waals surface area contributed by atoms with E-state index in [1.165, 1.54) is 20.4 Å². The second kappa shape index (κ2) is 7.85. The zero-order valence-electron chi connectivity index (χ0n) is 12.5. The Morgan fingerprint density at radius 3 is 2.35 bits per heavy atom. The molecule has 0 aliphatic rings. The van der Waals surface area contributed by atoms with Gasteiger partial charge in [-0.1, -0.05) is 23.2 Å². The van der Waals surface area contributed by atoms with Crippen LogP contribution in [0.5, 0.6) is 11.5 Å². The van der Waals surface area contributed by atoms with E-state index >= 15 is 0 Å². The third kappa shape index (κ3) is 4.37. The summed E-state index contributed by atoms with van der Waals surface area (Å²) in [6, 6.07) is 9.76. The van der Waals surface area contributed by atoms with E-state index in [4.69, 9.17) is 32.7 Å². The molecule has 0 bridgehead atoms. The summed E-state index contributed by atoms with van der Waals surface area (Å²) in [5, 5.41) is 4.88. The fourth-order valence-corrected chi connectivity index (χ4v) is 2.19. The number of methoxy groups -OCH3 is 2. The summed E-state index contributed by atoms with van der Waals surface area (Å²) in [5.74, 6) is 0.665. The van der Waals surface area contributed by atoms with Gasteiger partial charge in [0.15, 0.2) is 0 Å². The fraction of sp³-hybridized carbons (Fsp3) is 0.125. The number of nitrogens with one attached hydrogen (secondary N) is 1. The van der Waals surface area contributed by atoms with Gasteiger partial charge in [0.05, 0.1) is 25.5 Å². The second-order valence-electron chi connectivity index (χ2n) is 4.43. The van der Waals surface area contributed by atoms with E-state index in [1.807, 2.05) is 0 Å². The maximum absolute atomic E-state index is 11.9. The number of rotatable bonds is 5. The Balaban J connectivity index is 2.12. The number of carbonyl (C=O) groups is 1. The molecular formula is C16H14Cl2N2O3. The molecule has 2 aromatic carbocycles. The number of hydrogen-bond acceptors (Lipinski definition) is 4. The third-order valence-corrected chi connectivity index (χ3v) is 3.53. The van der Waals surface area contributed by atoms with Crippen LogP contribution in [-0.2, 0) is 0 Å². The van der Waals surface area contributed by atoms with E-state index in [2.05, 4.69) is 10.5 Å². The topological polar surface area (TPSA) is 59.9 Å². The van der Waals surface area contributed by atoms with Crippen molar-refractivity contribution < 1.29 is 14.3 Å². The van der Waals surface area contributed by atoms with E-state index in [0.717, 1.165) is 0 Å². The number of amides is 1. The van der Waals surface area contributed by atoms with Gasteiger partial charge in [0.25, 0.3) is 5.91 Å². The Kier molecular flexibility index (Phi) is 5.84. The van der Waals surface area contributed by atoms with Gasteiger partial charge in [0, 0.05) is 22.2 Å². The van der Waals surface area contributed by atoms with Gasteiger partial charge < -0.3 is 9.47 Å². The molecule has 120 valence electrons. The van der Waals surface area contributed by atoms with Gasteiger partial charge >= 0.3 is 0 Å². The molecule has 0 aliphatic carbocycles. The van der Waals surface area contributed by atoms with Gasteiger partial charge in [0.2, 0.25) is 0 Å². The van der Waals surface area contributed by atoms with Crippen molar-refractivity contribution in [2.45, 2.75) is 0 Å². The number of nitrogens with zero attached hydrogens (tertiary/aromatic N) is 1. The number of carbonyl (C=O) groups excluding carboxylic acids is 1. The minimum absolute atomic E-state index is 0.350. The predicted molar refractivity (Wildman–Crippen MR) is 91.1 cm³/mol. The molecule has 0 fully saturated rings. The summed E-state index contributed by atoms with van der Waals surface area (Å²) in [6.07, 6.45) is 1.44. The lowest BCUT2D eigenvalue weighted by atomic mass is 10.2. The predicted octanol–water partition coefficient (Wildman–Crippen LogP) is 3.77. The number of halogens is 2. The lowest BCUT2D eigenvalue weighted by Gasteiger charge is -2.09. The molecule has 1 N–H and O–H groups in total. The molecule has 1 amide bonds. The Morgan fingerprint density at radius 1 is 1.09 bits per heavy atom. The van der Waals surface area contributed by atoms with Gasteiger partial charge in [-0.15, -0.1) is 0 Å². The maximum atomic E-state index is 11.9. The highest BCUT2D eigenvalue weighted by Gasteiger charge is 2.09. The lowest BCUT2D eigenvalue weighted by molar-refractivity contribution is 0.0955. The number of benzene rings is 2. The van der Waals surface area contributed by atoms with E-state index < -0.39 is 0 Å². The van der Waals surface area contributed by atoms with Crippen molar-refractivity contribution in [3.8, 4) is 11.5 Å². The van der Waals surface area contributed by atoms with Crippen LogP contribution in [0.25, 0.3) is 0 Å². The van der Waals surface area contributed by atoms with Crippen LogP contribution in [0.3, 0.4) is 0 Å². The first kappa shape index (κ1) is 17.1. The van der Waals surface area contributed by atoms with Gasteiger partial charge in [0.1, 0.15) is 11.5 Å². The van der Waals surface area contributed by atoms with Crippen molar-refractivity contribution in [1.29, 1.82) is 0 Å². The van der Waals surface area contributed by atoms with Crippen LogP contribution >= 0.6 is 23.2 Å². The molecule has 5 nitrogen and oxygen atoms in total. The van der Waals surface area contributed by atoms with Crippen molar-refractivity contribution >= 4 is 35.3 Å². The third-order valence-electron chi connectivity index (χ3n) is 2.98. The van der Waals surface area contributed by atoms with Crippen LogP contribution in [0.1, 0.15) is 15.9 Å². The quantitative estimate of drug-likeness (QED) is 0.658. The molecule has 0 saturated carbocycles. The Bertz CT molecular complexity index is 731. The Hall–Kier alpha value is -2.24. The summed E-state index contributed by atoms with van der Waals surface area (Å²) < 4.78 is 10.4. The van der Waals surface area contributed by atoms with Crippen molar-refractivity contribution in [3.05, 3.63) is 57.6 Å². The first-order valence-electron chi connectivity index (χ1n) is 6.55. The molecule has 0 aromatic heterocycles. The molecule has 0 radical (unpaired) electrons. The Morgan fingerprint density at radius 2 is 1.74 bits per heavy atom. The molecule has 0 saturated heterocycles. The molecular weight excluding hydrogens is 339 g/mol. The normalized spacial score (nSPS) is 10.6. The van der Waals surface area contributed by atoms with Crippen LogP contribution in [0, 0.1) is 0 Å². The molecule has 0 heterocycles. The highest BCUT2D eigenvalue weighted by Crippen LogP contribution is 2.31. The first-order valence-corrected chi connectivity index (χ1v) is 7.31. The maximum Gasteiger partial charge on any atom is 0.271 e. The van der Waals surface area contributed by atoms with Gasteiger partial charge in [-0.3, -0.25) is 4.79 Å². The molecule has 0 atom stereocenters. The SMILES string of the molecule is COc1cc(OC)c(/C=N\NC(=O)c2ccc(Cl)cc2)cc1Cl. The smallest absolute Gasteiger partial charge is 0.271 e. The largest absolute Gasteiger partial charge is 0.496 e. The van der Waals surface area contributed by atoms with E-state index in [9.17, 15) is 4.79 Å². The van der Waals surface area contributed by atoms with Crippen LogP contribution < -0.4 is 14.9 Å². The van der Waals surface area contributed by atoms with E-state index in [0.29, 0.717) is 32.7 Å². The molecule has 0 unspecified atom stereocenters. The molecule has 7 heteroatoms. The molecule has 0 aliphatic heterocycles. The summed E-state index contributed by atoms with van der Waals surface area (Å²) in [5.41, 5.74) is 3.48. The zero-order valence-corrected chi connectivity index (χ0v) is 14.0. The van der Waals surface area contributed by atoms with Crippen molar-refractivity contribution in [1.82, 2.24) is 5.43 Å². The molecule has 2 rings (SSSR count). The molecule has 2 aromatic rings. The van der Waals surface area contributed by atoms with Crippen LogP contribution in [0.4, 0.5) is 0 Å². The highest BCUT2D eigenvalue weighted by molar-refractivity contribution is 6.32. The van der Waals surface area contributed by atoms with Crippen molar-refractivity contribution in [3.63, 3.8) is 0 Å². The minimum Gasteiger partial charge on any atom is -0.496 e. The van der Waals surface area contributed by atoms with Crippen LogP contribution in [0.2, 0.25) is 10.0 Å². The number of hydrogen-bond donors (Lipinski definition) is 1. The van der Waals surface area contributed by atoms with Gasteiger partial charge in [-0.2, -0.15) is 5.10 Å². The number of ether oxygens (including phenoxy) is 2. The van der Waals surface area contributed by atoms with Gasteiger partial charge in [-0.25, -0.2) is 5.43 Å². The van der Waals surface area contributed by atoms with Crippen LogP contribution in [-0.4, -0.2) is 26.3 Å². The van der Waals surface area contributed by atoms with E-state index in [1.54, 1.807) is 36.4 Å². The summed E-state index contributed by atoms with van der Waals surface area (Å²) in [7, 11) is 3.03. The number of hydrazone groups is 1. The molecule has 23 heavy (non-hydrogen) atoms. The van der Waals surface area contributed by atoms with Crippen molar-refractivity contribution in [2.24, 2.45) is 5.10 Å². The monoisotopic (exact) mass is 352 g/mol. The highest BCUT2D eigenvalue weighted by atomic mass is 35.5. The standard InChI is InChI=1S/C16H14Cl2N2O3/c1-22-14-8-15(23-2)13(18)7-11(14)9-19-20-16(21)10-3-5-12(17)6-4-10/h3-9H,1-2H3,(H,20,21)/b19-9-. The summed E-state index contributed by atoms with van der Waals surface area (Å²) in [6.45, 7) is 0. The lowest BCUT2D eigenvalue weighted by Crippen LogP contribution is -2.17. The summed E-state index contributed by atoms with van der Waals surface area (Å²) >= 11 is 11.8. The second-order valence-corrected chi connectivity index (χ2v) is 5.28. The first-order chi connectivity index (χ1) is 11.0. The molecule has 0 spiro atoms.